The van der Waals surface area contributed by atoms with Crippen LogP contribution in [0.5, 0.6) is 0 Å². The van der Waals surface area contributed by atoms with E-state index < -0.39 is 0 Å². The molecule has 28 heavy (non-hydrogen) atoms. The maximum absolute atomic E-state index is 5.53. The highest BCUT2D eigenvalue weighted by Gasteiger charge is 2.25. The summed E-state index contributed by atoms with van der Waals surface area (Å²) in [7, 11) is 0. The van der Waals surface area contributed by atoms with Crippen molar-refractivity contribution in [2.75, 3.05) is 25.0 Å². The first-order valence-corrected chi connectivity index (χ1v) is 10.4. The van der Waals surface area contributed by atoms with Gasteiger partial charge in [-0.1, -0.05) is 48.5 Å². The van der Waals surface area contributed by atoms with Crippen molar-refractivity contribution in [2.24, 2.45) is 5.73 Å². The Bertz CT molecular complexity index is 885. The van der Waals surface area contributed by atoms with E-state index in [1.165, 1.54) is 41.2 Å². The average Bonchev–Trinajstić information content (AvgIpc) is 3.22. The van der Waals surface area contributed by atoms with Crippen LogP contribution in [0.3, 0.4) is 0 Å². The molecule has 2 atom stereocenters. The number of rotatable bonds is 8. The summed E-state index contributed by atoms with van der Waals surface area (Å²) in [5.74, 6) is 1.53. The summed E-state index contributed by atoms with van der Waals surface area (Å²) in [4.78, 5) is 4.53. The van der Waals surface area contributed by atoms with Crippen molar-refractivity contribution in [3.63, 3.8) is 0 Å². The number of benzene rings is 2. The molecular weight excluding hydrogens is 344 g/mol. The lowest BCUT2D eigenvalue weighted by Gasteiger charge is -2.14. The number of nitrogens with zero attached hydrogens (tertiary/aromatic N) is 1. The molecule has 0 spiro atoms. The molecule has 0 saturated heterocycles. The molecule has 0 amide bonds. The zero-order chi connectivity index (χ0) is 19.2. The van der Waals surface area contributed by atoms with Gasteiger partial charge in [0.05, 0.1) is 0 Å². The van der Waals surface area contributed by atoms with Gasteiger partial charge in [-0.3, -0.25) is 0 Å². The van der Waals surface area contributed by atoms with Crippen LogP contribution in [-0.2, 0) is 6.42 Å². The molecule has 2 aromatic carbocycles. The Hall–Kier alpha value is -2.43. The number of hydrogen-bond acceptors (Lipinski definition) is 4. The molecule has 146 valence electrons. The topological polar surface area (TPSA) is 63.0 Å². The largest absolute Gasteiger partial charge is 0.369 e. The van der Waals surface area contributed by atoms with E-state index in [2.05, 4.69) is 70.2 Å². The number of aromatic nitrogens is 1. The van der Waals surface area contributed by atoms with Crippen LogP contribution in [0.25, 0.3) is 10.8 Å². The third kappa shape index (κ3) is 4.51. The highest BCUT2D eigenvalue weighted by Crippen LogP contribution is 2.34. The third-order valence-corrected chi connectivity index (χ3v) is 5.85. The van der Waals surface area contributed by atoms with Gasteiger partial charge >= 0.3 is 0 Å². The van der Waals surface area contributed by atoms with Gasteiger partial charge < -0.3 is 16.4 Å². The molecule has 1 aliphatic carbocycles. The van der Waals surface area contributed by atoms with Crippen molar-refractivity contribution in [1.82, 2.24) is 10.3 Å². The molecule has 4 heteroatoms. The lowest BCUT2D eigenvalue weighted by atomic mass is 9.99. The molecule has 1 fully saturated rings. The minimum atomic E-state index is 0.606. The maximum Gasteiger partial charge on any atom is 0.125 e. The van der Waals surface area contributed by atoms with Gasteiger partial charge in [-0.15, -0.1) is 0 Å². The first kappa shape index (κ1) is 18.9. The van der Waals surface area contributed by atoms with E-state index in [1.54, 1.807) is 0 Å². The molecule has 1 saturated carbocycles. The van der Waals surface area contributed by atoms with Gasteiger partial charge in [0, 0.05) is 25.3 Å². The molecule has 1 aromatic heterocycles. The summed E-state index contributed by atoms with van der Waals surface area (Å²) in [5.41, 5.74) is 8.32. The summed E-state index contributed by atoms with van der Waals surface area (Å²) in [5, 5.41) is 9.73. The highest BCUT2D eigenvalue weighted by atomic mass is 15.0. The number of pyridine rings is 1. The number of hydrogen-bond donors (Lipinski definition) is 3. The van der Waals surface area contributed by atoms with Crippen molar-refractivity contribution in [2.45, 2.75) is 37.6 Å². The van der Waals surface area contributed by atoms with Gasteiger partial charge in [-0.25, -0.2) is 4.98 Å². The summed E-state index contributed by atoms with van der Waals surface area (Å²) in [6.45, 7) is 2.42. The molecule has 4 N–H and O–H groups in total. The molecule has 4 nitrogen and oxygen atoms in total. The van der Waals surface area contributed by atoms with Crippen LogP contribution in [-0.4, -0.2) is 30.7 Å². The minimum Gasteiger partial charge on any atom is -0.369 e. The van der Waals surface area contributed by atoms with Gasteiger partial charge in [0.15, 0.2) is 0 Å². The Morgan fingerprint density at radius 2 is 1.86 bits per heavy atom. The van der Waals surface area contributed by atoms with E-state index in [0.717, 1.165) is 25.3 Å². The average molecular weight is 375 g/mol. The zero-order valence-electron chi connectivity index (χ0n) is 16.4. The fourth-order valence-electron chi connectivity index (χ4n) is 4.34. The van der Waals surface area contributed by atoms with Gasteiger partial charge in [0.25, 0.3) is 0 Å². The maximum atomic E-state index is 5.53. The fraction of sp³-hybridized carbons (Fsp3) is 0.375. The molecule has 3 aromatic rings. The van der Waals surface area contributed by atoms with Crippen molar-refractivity contribution in [1.29, 1.82) is 0 Å². The number of fused-ring (bicyclic) bond motifs is 1. The standard InChI is InChI=1S/C24H30N4/c25-13-15-27-24-11-9-21(17-28-24)20-8-10-22(16-20)26-14-12-19-6-3-5-18-4-1-2-7-23(18)19/h1-7,9,11,17,20,22,26H,8,10,12-16,25H2,(H,27,28)/t20-,22+/m1/s1. The van der Waals surface area contributed by atoms with E-state index in [1.807, 2.05) is 6.20 Å². The molecule has 1 aliphatic rings. The Labute approximate surface area is 167 Å². The van der Waals surface area contributed by atoms with Crippen LogP contribution < -0.4 is 16.4 Å². The van der Waals surface area contributed by atoms with Crippen molar-refractivity contribution < 1.29 is 0 Å². The van der Waals surface area contributed by atoms with Crippen molar-refractivity contribution >= 4 is 16.6 Å². The van der Waals surface area contributed by atoms with E-state index in [-0.39, 0.29) is 0 Å². The first-order chi connectivity index (χ1) is 13.8. The van der Waals surface area contributed by atoms with Gasteiger partial charge in [0.1, 0.15) is 5.82 Å². The van der Waals surface area contributed by atoms with Crippen LogP contribution in [0.4, 0.5) is 5.82 Å². The third-order valence-electron chi connectivity index (χ3n) is 5.85. The summed E-state index contributed by atoms with van der Waals surface area (Å²) < 4.78 is 0. The lowest BCUT2D eigenvalue weighted by molar-refractivity contribution is 0.521. The summed E-state index contributed by atoms with van der Waals surface area (Å²) in [6, 6.07) is 20.2. The van der Waals surface area contributed by atoms with Crippen LogP contribution >= 0.6 is 0 Å². The molecule has 0 bridgehead atoms. The van der Waals surface area contributed by atoms with E-state index in [0.29, 0.717) is 18.5 Å². The number of nitrogens with two attached hydrogens (primary N) is 1. The second-order valence-electron chi connectivity index (χ2n) is 7.74. The zero-order valence-corrected chi connectivity index (χ0v) is 16.4. The van der Waals surface area contributed by atoms with Crippen LogP contribution in [0.2, 0.25) is 0 Å². The van der Waals surface area contributed by atoms with Crippen LogP contribution in [0.1, 0.15) is 36.3 Å². The number of nitrogens with one attached hydrogen (secondary N) is 2. The normalized spacial score (nSPS) is 19.2. The van der Waals surface area contributed by atoms with Gasteiger partial charge in [-0.05, 0) is 66.1 Å². The molecule has 0 radical (unpaired) electrons. The van der Waals surface area contributed by atoms with E-state index in [4.69, 9.17) is 5.73 Å². The fourth-order valence-corrected chi connectivity index (χ4v) is 4.34. The van der Waals surface area contributed by atoms with E-state index >= 15 is 0 Å². The smallest absolute Gasteiger partial charge is 0.125 e. The minimum absolute atomic E-state index is 0.606. The van der Waals surface area contributed by atoms with Crippen LogP contribution in [0, 0.1) is 0 Å². The molecule has 4 rings (SSSR count). The van der Waals surface area contributed by atoms with Gasteiger partial charge in [-0.2, -0.15) is 0 Å². The Balaban J connectivity index is 1.28. The Kier molecular flexibility index (Phi) is 6.20. The highest BCUT2D eigenvalue weighted by molar-refractivity contribution is 5.85. The molecule has 1 heterocycles. The number of anilines is 1. The lowest BCUT2D eigenvalue weighted by Crippen LogP contribution is -2.28. The summed E-state index contributed by atoms with van der Waals surface area (Å²) >= 11 is 0. The SMILES string of the molecule is NCCNc1ccc([C@@H]2CC[C@H](NCCc3cccc4ccccc34)C2)cn1. The predicted molar refractivity (Wildman–Crippen MR) is 118 cm³/mol. The second kappa shape index (κ2) is 9.18. The predicted octanol–water partition coefficient (Wildman–Crippen LogP) is 4.07. The molecule has 0 unspecified atom stereocenters. The molecule has 0 aliphatic heterocycles. The van der Waals surface area contributed by atoms with Crippen LogP contribution in [0.15, 0.2) is 60.8 Å². The van der Waals surface area contributed by atoms with Crippen molar-refractivity contribution in [3.05, 3.63) is 71.9 Å². The first-order valence-electron chi connectivity index (χ1n) is 10.4. The van der Waals surface area contributed by atoms with Gasteiger partial charge in [0.2, 0.25) is 0 Å². The van der Waals surface area contributed by atoms with Crippen molar-refractivity contribution in [3.8, 4) is 0 Å². The Morgan fingerprint density at radius 1 is 0.964 bits per heavy atom. The van der Waals surface area contributed by atoms with E-state index in [9.17, 15) is 0 Å². The summed E-state index contributed by atoms with van der Waals surface area (Å²) in [6.07, 6.45) is 6.79. The quantitative estimate of drug-likeness (QED) is 0.556. The molecular formula is C24H30N4. The second-order valence-corrected chi connectivity index (χ2v) is 7.74. The Morgan fingerprint density at radius 3 is 2.71 bits per heavy atom. The monoisotopic (exact) mass is 374 g/mol.